The van der Waals surface area contributed by atoms with Crippen LogP contribution in [0.5, 0.6) is 0 Å². The summed E-state index contributed by atoms with van der Waals surface area (Å²) in [7, 11) is 0. The van der Waals surface area contributed by atoms with E-state index in [1.807, 2.05) is 36.4 Å². The summed E-state index contributed by atoms with van der Waals surface area (Å²) in [6.45, 7) is 0. The minimum Gasteiger partial charge on any atom is -0.456 e. The number of hydrogen-bond donors (Lipinski definition) is 0. The molecule has 0 aliphatic rings. The molecule has 0 spiro atoms. The van der Waals surface area contributed by atoms with Crippen molar-refractivity contribution in [3.05, 3.63) is 206 Å². The number of furan rings is 1. The minimum absolute atomic E-state index is 0.584. The zero-order chi connectivity index (χ0) is 39.6. The maximum atomic E-state index is 6.74. The van der Waals surface area contributed by atoms with Crippen LogP contribution in [0.15, 0.2) is 211 Å². The van der Waals surface area contributed by atoms with Gasteiger partial charge in [0.1, 0.15) is 11.2 Å². The zero-order valence-electron chi connectivity index (χ0n) is 32.3. The molecule has 0 aliphatic heterocycles. The van der Waals surface area contributed by atoms with Crippen molar-refractivity contribution in [3.63, 3.8) is 0 Å². The summed E-state index contributed by atoms with van der Waals surface area (Å²) in [4.78, 5) is 15.0. The van der Waals surface area contributed by atoms with Crippen LogP contribution in [0.2, 0.25) is 0 Å². The highest BCUT2D eigenvalue weighted by Gasteiger charge is 2.20. The number of fused-ring (bicyclic) bond motifs is 8. The topological polar surface area (TPSA) is 56.7 Å². The quantitative estimate of drug-likeness (QED) is 0.169. The predicted molar refractivity (Wildman–Crippen MR) is 246 cm³/mol. The molecule has 12 rings (SSSR count). The number of hydrogen-bond acceptors (Lipinski definition) is 4. The first kappa shape index (κ1) is 33.9. The second-order valence-corrected chi connectivity index (χ2v) is 15.2. The Kier molecular flexibility index (Phi) is 7.78. The van der Waals surface area contributed by atoms with E-state index in [4.69, 9.17) is 19.4 Å². The Morgan fingerprint density at radius 3 is 1.50 bits per heavy atom. The molecule has 0 fully saturated rings. The average molecular weight is 767 g/mol. The fraction of sp³-hybridized carbons (Fsp3) is 0. The Morgan fingerprint density at radius 2 is 0.800 bits per heavy atom. The van der Waals surface area contributed by atoms with Crippen LogP contribution in [0.1, 0.15) is 0 Å². The molecule has 0 saturated heterocycles. The zero-order valence-corrected chi connectivity index (χ0v) is 32.3. The number of benzene rings is 9. The lowest BCUT2D eigenvalue weighted by Crippen LogP contribution is -2.00. The highest BCUT2D eigenvalue weighted by molar-refractivity contribution is 6.24. The summed E-state index contributed by atoms with van der Waals surface area (Å²) < 4.78 is 9.12. The van der Waals surface area contributed by atoms with E-state index in [0.29, 0.717) is 17.5 Å². The third-order valence-electron chi connectivity index (χ3n) is 11.7. The molecule has 0 bridgehead atoms. The van der Waals surface area contributed by atoms with Crippen molar-refractivity contribution in [1.29, 1.82) is 0 Å². The van der Waals surface area contributed by atoms with Crippen molar-refractivity contribution in [2.24, 2.45) is 0 Å². The first-order valence-electron chi connectivity index (χ1n) is 20.2. The molecular formula is C55H34N4O. The van der Waals surface area contributed by atoms with Gasteiger partial charge in [-0.1, -0.05) is 164 Å². The van der Waals surface area contributed by atoms with Crippen LogP contribution < -0.4 is 0 Å². The maximum absolute atomic E-state index is 6.74. The van der Waals surface area contributed by atoms with Gasteiger partial charge in [-0.05, 0) is 69.4 Å². The highest BCUT2D eigenvalue weighted by atomic mass is 16.3. The number of aromatic nitrogens is 4. The van der Waals surface area contributed by atoms with E-state index in [1.165, 1.54) is 32.7 Å². The summed E-state index contributed by atoms with van der Waals surface area (Å²) in [5.41, 5.74) is 12.3. The SMILES string of the molecule is c1ccc(-c2ccc(-c3nc(-c4ccccc4)nc(-c4ccc5c(c4)oc4cc(-n6c7ccccc7c7c8ccccc8c(-c8ccccc8)cc76)ccc45)n3)cc2)cc1. The van der Waals surface area contributed by atoms with E-state index in [2.05, 4.69) is 174 Å². The van der Waals surface area contributed by atoms with Crippen molar-refractivity contribution in [1.82, 2.24) is 19.5 Å². The van der Waals surface area contributed by atoms with E-state index in [9.17, 15) is 0 Å². The van der Waals surface area contributed by atoms with E-state index < -0.39 is 0 Å². The predicted octanol–water partition coefficient (Wildman–Crippen LogP) is 14.4. The lowest BCUT2D eigenvalue weighted by molar-refractivity contribution is 0.668. The second-order valence-electron chi connectivity index (χ2n) is 15.2. The van der Waals surface area contributed by atoms with E-state index in [1.54, 1.807) is 0 Å². The second kappa shape index (κ2) is 13.8. The Balaban J connectivity index is 0.994. The number of nitrogens with zero attached hydrogens (tertiary/aromatic N) is 4. The summed E-state index contributed by atoms with van der Waals surface area (Å²) in [6.07, 6.45) is 0. The Bertz CT molecular complexity index is 3570. The maximum Gasteiger partial charge on any atom is 0.164 e. The molecule has 5 heteroatoms. The third kappa shape index (κ3) is 5.59. The normalized spacial score (nSPS) is 11.7. The van der Waals surface area contributed by atoms with Gasteiger partial charge in [-0.15, -0.1) is 0 Å². The molecule has 0 radical (unpaired) electrons. The van der Waals surface area contributed by atoms with Crippen LogP contribution in [-0.2, 0) is 0 Å². The standard InChI is InChI=1S/C55H34N4O/c1-4-14-35(15-5-1)36-24-26-39(27-25-36)54-56-53(38-18-8-3-9-19-38)57-55(58-54)40-28-30-43-44-31-29-41(33-51(44)60-50(43)32-40)59-48-23-13-12-22-46(48)52-45-21-11-10-20-42(45)47(34-49(52)59)37-16-6-2-7-17-37/h1-34H. The van der Waals surface area contributed by atoms with Gasteiger partial charge >= 0.3 is 0 Å². The summed E-state index contributed by atoms with van der Waals surface area (Å²) in [5, 5.41) is 7.03. The van der Waals surface area contributed by atoms with Crippen molar-refractivity contribution in [2.75, 3.05) is 0 Å². The summed E-state index contributed by atoms with van der Waals surface area (Å²) in [5.74, 6) is 1.81. The lowest BCUT2D eigenvalue weighted by Gasteiger charge is -2.12. The van der Waals surface area contributed by atoms with Crippen LogP contribution in [-0.4, -0.2) is 19.5 Å². The van der Waals surface area contributed by atoms with Gasteiger partial charge in [-0.25, -0.2) is 15.0 Å². The first-order chi connectivity index (χ1) is 29.7. The molecule has 0 amide bonds. The van der Waals surface area contributed by atoms with Crippen LogP contribution in [0, 0.1) is 0 Å². The minimum atomic E-state index is 0.584. The van der Waals surface area contributed by atoms with Crippen LogP contribution in [0.25, 0.3) is 117 Å². The molecule has 0 N–H and O–H groups in total. The molecule has 9 aromatic carbocycles. The van der Waals surface area contributed by atoms with Crippen LogP contribution in [0.3, 0.4) is 0 Å². The van der Waals surface area contributed by atoms with Gasteiger partial charge in [-0.2, -0.15) is 0 Å². The van der Waals surface area contributed by atoms with Crippen molar-refractivity contribution >= 4 is 54.5 Å². The van der Waals surface area contributed by atoms with E-state index >= 15 is 0 Å². The summed E-state index contributed by atoms with van der Waals surface area (Å²) in [6, 6.07) is 72.2. The Morgan fingerprint density at radius 1 is 0.317 bits per heavy atom. The third-order valence-corrected chi connectivity index (χ3v) is 11.7. The van der Waals surface area contributed by atoms with Crippen molar-refractivity contribution in [2.45, 2.75) is 0 Å². The van der Waals surface area contributed by atoms with Gasteiger partial charge in [0.25, 0.3) is 0 Å². The molecule has 60 heavy (non-hydrogen) atoms. The van der Waals surface area contributed by atoms with Gasteiger partial charge in [0.2, 0.25) is 0 Å². The average Bonchev–Trinajstić information content (AvgIpc) is 3.87. The van der Waals surface area contributed by atoms with Crippen molar-refractivity contribution < 1.29 is 4.42 Å². The fourth-order valence-electron chi connectivity index (χ4n) is 8.80. The van der Waals surface area contributed by atoms with Crippen LogP contribution in [0.4, 0.5) is 0 Å². The van der Waals surface area contributed by atoms with Crippen molar-refractivity contribution in [3.8, 4) is 62.1 Å². The number of para-hydroxylation sites is 1. The molecule has 0 unspecified atom stereocenters. The van der Waals surface area contributed by atoms with Gasteiger partial charge in [0, 0.05) is 50.0 Å². The molecule has 0 saturated carbocycles. The van der Waals surface area contributed by atoms with Gasteiger partial charge in [-0.3, -0.25) is 0 Å². The van der Waals surface area contributed by atoms with Gasteiger partial charge < -0.3 is 8.98 Å². The van der Waals surface area contributed by atoms with E-state index in [-0.39, 0.29) is 0 Å². The molecular weight excluding hydrogens is 733 g/mol. The fourth-order valence-corrected chi connectivity index (χ4v) is 8.80. The largest absolute Gasteiger partial charge is 0.456 e. The lowest BCUT2D eigenvalue weighted by atomic mass is 9.95. The highest BCUT2D eigenvalue weighted by Crippen LogP contribution is 2.42. The molecule has 0 aliphatic carbocycles. The molecule has 0 atom stereocenters. The van der Waals surface area contributed by atoms with E-state index in [0.717, 1.165) is 66.5 Å². The molecule has 280 valence electrons. The van der Waals surface area contributed by atoms with Crippen LogP contribution >= 0.6 is 0 Å². The Hall–Kier alpha value is -8.15. The molecule has 3 aromatic heterocycles. The first-order valence-corrected chi connectivity index (χ1v) is 20.2. The monoisotopic (exact) mass is 766 g/mol. The number of rotatable bonds is 6. The smallest absolute Gasteiger partial charge is 0.164 e. The molecule has 12 aromatic rings. The van der Waals surface area contributed by atoms with Gasteiger partial charge in [0.15, 0.2) is 17.5 Å². The Labute approximate surface area is 345 Å². The summed E-state index contributed by atoms with van der Waals surface area (Å²) >= 11 is 0. The molecule has 5 nitrogen and oxygen atoms in total. The van der Waals surface area contributed by atoms with Gasteiger partial charge in [0.05, 0.1) is 11.0 Å². The molecule has 3 heterocycles.